The van der Waals surface area contributed by atoms with Gasteiger partial charge >= 0.3 is 0 Å². The van der Waals surface area contributed by atoms with E-state index >= 15 is 0 Å². The molecule has 1 saturated heterocycles. The van der Waals surface area contributed by atoms with Gasteiger partial charge in [-0.25, -0.2) is 14.4 Å². The van der Waals surface area contributed by atoms with E-state index in [1.165, 1.54) is 13.3 Å². The molecule has 0 unspecified atom stereocenters. The van der Waals surface area contributed by atoms with Crippen LogP contribution in [0.1, 0.15) is 18.9 Å². The van der Waals surface area contributed by atoms with Gasteiger partial charge in [0.05, 0.1) is 18.3 Å². The van der Waals surface area contributed by atoms with Crippen molar-refractivity contribution in [3.8, 4) is 11.3 Å². The van der Waals surface area contributed by atoms with Gasteiger partial charge in [0.1, 0.15) is 18.3 Å². The second-order valence-electron chi connectivity index (χ2n) is 6.28. The average Bonchev–Trinajstić information content (AvgIpc) is 2.59. The minimum absolute atomic E-state index is 0.191. The lowest BCUT2D eigenvalue weighted by Crippen LogP contribution is -2.52. The maximum Gasteiger partial charge on any atom is 0.217 e. The third kappa shape index (κ3) is 4.07. The fourth-order valence-corrected chi connectivity index (χ4v) is 3.15. The van der Waals surface area contributed by atoms with Gasteiger partial charge in [-0.1, -0.05) is 23.7 Å². The van der Waals surface area contributed by atoms with Crippen molar-refractivity contribution in [2.75, 3.05) is 18.0 Å². The van der Waals surface area contributed by atoms with Crippen molar-refractivity contribution in [1.82, 2.24) is 15.3 Å². The Kier molecular flexibility index (Phi) is 5.18. The highest BCUT2D eigenvalue weighted by Gasteiger charge is 2.30. The Balaban J connectivity index is 1.78. The number of carbonyl (C=O) groups is 1. The highest BCUT2D eigenvalue weighted by Crippen LogP contribution is 2.27. The first-order valence-electron chi connectivity index (χ1n) is 8.18. The summed E-state index contributed by atoms with van der Waals surface area (Å²) in [4.78, 5) is 21.6. The number of hydrogen-bond donors (Lipinski definition) is 1. The number of hydrogen-bond acceptors (Lipinski definition) is 4. The first-order chi connectivity index (χ1) is 11.9. The molecule has 1 N–H and O–H groups in total. The molecule has 1 aromatic carbocycles. The van der Waals surface area contributed by atoms with Crippen molar-refractivity contribution in [3.63, 3.8) is 0 Å². The molecule has 132 valence electrons. The van der Waals surface area contributed by atoms with Gasteiger partial charge in [0.2, 0.25) is 5.91 Å². The van der Waals surface area contributed by atoms with E-state index in [-0.39, 0.29) is 12.5 Å². The molecule has 25 heavy (non-hydrogen) atoms. The van der Waals surface area contributed by atoms with Gasteiger partial charge in [-0.15, -0.1) is 0 Å². The van der Waals surface area contributed by atoms with Crippen LogP contribution in [-0.2, 0) is 4.79 Å². The summed E-state index contributed by atoms with van der Waals surface area (Å²) in [6, 6.07) is 7.16. The van der Waals surface area contributed by atoms with Crippen molar-refractivity contribution in [3.05, 3.63) is 41.2 Å². The second kappa shape index (κ2) is 7.35. The largest absolute Gasteiger partial charge is 0.353 e. The molecule has 3 rings (SSSR count). The van der Waals surface area contributed by atoms with Gasteiger partial charge in [0.15, 0.2) is 0 Å². The molecule has 1 fully saturated rings. The van der Waals surface area contributed by atoms with E-state index < -0.39 is 12.2 Å². The molecule has 0 saturated carbocycles. The van der Waals surface area contributed by atoms with Crippen LogP contribution in [0.15, 0.2) is 30.6 Å². The van der Waals surface area contributed by atoms with Gasteiger partial charge in [0, 0.05) is 30.1 Å². The van der Waals surface area contributed by atoms with Gasteiger partial charge in [-0.3, -0.25) is 4.79 Å². The van der Waals surface area contributed by atoms with Gasteiger partial charge in [-0.05, 0) is 25.0 Å². The molecule has 2 atom stereocenters. The van der Waals surface area contributed by atoms with Gasteiger partial charge in [-0.2, -0.15) is 0 Å². The molecule has 0 spiro atoms. The SMILES string of the molecule is CC(=O)N[C@H]1CCN(c2cc(-c3ccc(C)c(Cl)c3)ncn2)C[C@@H]1F. The Bertz CT molecular complexity index is 785. The number of carbonyl (C=O) groups excluding carboxylic acids is 1. The number of nitrogens with zero attached hydrogens (tertiary/aromatic N) is 3. The topological polar surface area (TPSA) is 58.1 Å². The standard InChI is InChI=1S/C18H20ClFN4O/c1-11-3-4-13(7-14(11)19)17-8-18(22-10-21-17)24-6-5-16(15(20)9-24)23-12(2)25/h3-4,7-8,10,15-16H,5-6,9H2,1-2H3,(H,23,25)/t15-,16-/m0/s1. The van der Waals surface area contributed by atoms with E-state index in [1.54, 1.807) is 0 Å². The monoisotopic (exact) mass is 362 g/mol. The lowest BCUT2D eigenvalue weighted by Gasteiger charge is -2.35. The Morgan fingerprint density at radius 2 is 2.16 bits per heavy atom. The second-order valence-corrected chi connectivity index (χ2v) is 6.69. The Morgan fingerprint density at radius 3 is 2.84 bits per heavy atom. The summed E-state index contributed by atoms with van der Waals surface area (Å²) < 4.78 is 14.3. The molecule has 2 aromatic rings. The van der Waals surface area contributed by atoms with E-state index in [0.29, 0.717) is 23.8 Å². The van der Waals surface area contributed by atoms with E-state index in [9.17, 15) is 9.18 Å². The summed E-state index contributed by atoms with van der Waals surface area (Å²) in [5.41, 5.74) is 2.63. The molecular weight excluding hydrogens is 343 g/mol. The fourth-order valence-electron chi connectivity index (χ4n) is 2.97. The summed E-state index contributed by atoms with van der Waals surface area (Å²) in [6.45, 7) is 4.16. The van der Waals surface area contributed by atoms with Crippen molar-refractivity contribution in [1.29, 1.82) is 0 Å². The predicted molar refractivity (Wildman–Crippen MR) is 96.5 cm³/mol. The van der Waals surface area contributed by atoms with Crippen LogP contribution in [0.4, 0.5) is 10.2 Å². The molecule has 7 heteroatoms. The van der Waals surface area contributed by atoms with E-state index in [1.807, 2.05) is 36.1 Å². The lowest BCUT2D eigenvalue weighted by molar-refractivity contribution is -0.120. The number of aryl methyl sites for hydroxylation is 1. The maximum atomic E-state index is 14.3. The first-order valence-corrected chi connectivity index (χ1v) is 8.56. The van der Waals surface area contributed by atoms with E-state index in [4.69, 9.17) is 11.6 Å². The van der Waals surface area contributed by atoms with Crippen molar-refractivity contribution in [2.45, 2.75) is 32.5 Å². The number of halogens is 2. The molecule has 5 nitrogen and oxygen atoms in total. The van der Waals surface area contributed by atoms with Crippen LogP contribution in [0.5, 0.6) is 0 Å². The van der Waals surface area contributed by atoms with Crippen molar-refractivity contribution >= 4 is 23.3 Å². The van der Waals surface area contributed by atoms with Crippen molar-refractivity contribution in [2.24, 2.45) is 0 Å². The third-order valence-corrected chi connectivity index (χ3v) is 4.78. The molecule has 0 aliphatic carbocycles. The average molecular weight is 363 g/mol. The third-order valence-electron chi connectivity index (χ3n) is 4.37. The Morgan fingerprint density at radius 1 is 1.36 bits per heavy atom. The number of alkyl halides is 1. The van der Waals surface area contributed by atoms with Crippen LogP contribution in [0.2, 0.25) is 5.02 Å². The van der Waals surface area contributed by atoms with Gasteiger partial charge in [0.25, 0.3) is 0 Å². The molecule has 2 heterocycles. The first kappa shape index (κ1) is 17.6. The van der Waals surface area contributed by atoms with Gasteiger partial charge < -0.3 is 10.2 Å². The zero-order valence-electron chi connectivity index (χ0n) is 14.2. The smallest absolute Gasteiger partial charge is 0.217 e. The van der Waals surface area contributed by atoms with Crippen LogP contribution in [0, 0.1) is 6.92 Å². The summed E-state index contributed by atoms with van der Waals surface area (Å²) >= 11 is 6.19. The Labute approximate surface area is 151 Å². The number of anilines is 1. The number of benzene rings is 1. The molecular formula is C18H20ClFN4O. The number of amides is 1. The number of piperidine rings is 1. The number of aromatic nitrogens is 2. The van der Waals surface area contributed by atoms with Crippen LogP contribution >= 0.6 is 11.6 Å². The predicted octanol–water partition coefficient (Wildman–Crippen LogP) is 3.16. The summed E-state index contributed by atoms with van der Waals surface area (Å²) in [5, 5.41) is 3.34. The van der Waals surface area contributed by atoms with E-state index in [2.05, 4.69) is 15.3 Å². The Hall–Kier alpha value is -2.21. The molecule has 1 aliphatic heterocycles. The lowest BCUT2D eigenvalue weighted by atomic mass is 10.0. The highest BCUT2D eigenvalue weighted by molar-refractivity contribution is 6.31. The molecule has 1 amide bonds. The molecule has 0 bridgehead atoms. The van der Waals surface area contributed by atoms with E-state index in [0.717, 1.165) is 16.8 Å². The molecule has 1 aliphatic rings. The van der Waals surface area contributed by atoms with Crippen LogP contribution < -0.4 is 10.2 Å². The summed E-state index contributed by atoms with van der Waals surface area (Å²) in [7, 11) is 0. The van der Waals surface area contributed by atoms with Crippen LogP contribution in [0.25, 0.3) is 11.3 Å². The summed E-state index contributed by atoms with van der Waals surface area (Å²) in [5.74, 6) is 0.465. The number of rotatable bonds is 3. The van der Waals surface area contributed by atoms with Crippen LogP contribution in [-0.4, -0.2) is 41.2 Å². The normalized spacial score (nSPS) is 20.4. The zero-order valence-corrected chi connectivity index (χ0v) is 14.9. The maximum absolute atomic E-state index is 14.3. The minimum Gasteiger partial charge on any atom is -0.353 e. The summed E-state index contributed by atoms with van der Waals surface area (Å²) in [6.07, 6.45) is 0.882. The molecule has 0 radical (unpaired) electrons. The van der Waals surface area contributed by atoms with Crippen LogP contribution in [0.3, 0.4) is 0 Å². The zero-order chi connectivity index (χ0) is 18.0. The molecule has 1 aromatic heterocycles. The minimum atomic E-state index is -1.13. The highest BCUT2D eigenvalue weighted by atomic mass is 35.5. The quantitative estimate of drug-likeness (QED) is 0.911. The fraction of sp³-hybridized carbons (Fsp3) is 0.389. The number of nitrogens with one attached hydrogen (secondary N) is 1. The van der Waals surface area contributed by atoms with Crippen molar-refractivity contribution < 1.29 is 9.18 Å².